The van der Waals surface area contributed by atoms with Crippen molar-refractivity contribution in [3.8, 4) is 16.9 Å². The molecule has 1 aliphatic heterocycles. The van der Waals surface area contributed by atoms with Crippen LogP contribution in [0.5, 0.6) is 5.75 Å². The second-order valence-electron chi connectivity index (χ2n) is 11.9. The van der Waals surface area contributed by atoms with Gasteiger partial charge in [-0.3, -0.25) is 4.79 Å². The van der Waals surface area contributed by atoms with Crippen LogP contribution in [0.3, 0.4) is 0 Å². The quantitative estimate of drug-likeness (QED) is 0.279. The number of ether oxygens (including phenoxy) is 1. The van der Waals surface area contributed by atoms with E-state index in [1.165, 1.54) is 12.1 Å². The lowest BCUT2D eigenvalue weighted by atomic mass is 9.82. The Balaban J connectivity index is 1.68. The van der Waals surface area contributed by atoms with Crippen molar-refractivity contribution < 1.29 is 19.0 Å². The topological polar surface area (TPSA) is 77.9 Å². The number of hydrogen-bond acceptors (Lipinski definition) is 6. The Hall–Kier alpha value is -3.65. The Labute approximate surface area is 243 Å². The third-order valence-electron chi connectivity index (χ3n) is 7.80. The van der Waals surface area contributed by atoms with Crippen LogP contribution in [0.25, 0.3) is 11.1 Å². The fourth-order valence-corrected chi connectivity index (χ4v) is 5.23. The van der Waals surface area contributed by atoms with Gasteiger partial charge in [0.05, 0.1) is 18.7 Å². The second kappa shape index (κ2) is 13.3. The Bertz CT molecular complexity index is 1310. The first kappa shape index (κ1) is 30.3. The van der Waals surface area contributed by atoms with Crippen molar-refractivity contribution in [1.29, 1.82) is 0 Å². The number of rotatable bonds is 12. The number of piperidine rings is 1. The number of aliphatic carboxylic acids is 1. The third kappa shape index (κ3) is 8.19. The van der Waals surface area contributed by atoms with Crippen LogP contribution in [0.15, 0.2) is 48.5 Å². The molecule has 1 aromatic heterocycles. The second-order valence-corrected chi connectivity index (χ2v) is 11.9. The standard InChI is InChI=1S/C33H43FN4O3/c1-23-28(22-29(39)40)31(38-18-15-33(2,3)16-19-38)30(32(36-23)35-17-20-37(4)5)25-8-12-27(13-9-25)41-21-14-24-6-10-26(34)11-7-24/h6-13H,14-22H2,1-5H3,(H,35,36)(H,39,40). The van der Waals surface area contributed by atoms with Crippen molar-refractivity contribution in [2.24, 2.45) is 5.41 Å². The Morgan fingerprint density at radius 2 is 1.76 bits per heavy atom. The zero-order valence-corrected chi connectivity index (χ0v) is 25.0. The van der Waals surface area contributed by atoms with Gasteiger partial charge < -0.3 is 25.0 Å². The Morgan fingerprint density at radius 1 is 1.10 bits per heavy atom. The minimum atomic E-state index is -0.863. The summed E-state index contributed by atoms with van der Waals surface area (Å²) in [6.07, 6.45) is 2.66. The highest BCUT2D eigenvalue weighted by molar-refractivity contribution is 5.91. The van der Waals surface area contributed by atoms with Crippen LogP contribution in [-0.4, -0.2) is 67.8 Å². The molecular weight excluding hydrogens is 519 g/mol. The first-order valence-electron chi connectivity index (χ1n) is 14.4. The summed E-state index contributed by atoms with van der Waals surface area (Å²) in [7, 11) is 4.07. The van der Waals surface area contributed by atoms with E-state index in [0.717, 1.165) is 77.7 Å². The lowest BCUT2D eigenvalue weighted by Gasteiger charge is -2.40. The summed E-state index contributed by atoms with van der Waals surface area (Å²) in [5.74, 6) is 0.400. The molecular formula is C33H43FN4O3. The van der Waals surface area contributed by atoms with E-state index in [2.05, 4.69) is 29.0 Å². The molecule has 0 bridgehead atoms. The summed E-state index contributed by atoms with van der Waals surface area (Å²) in [6, 6.07) is 14.4. The van der Waals surface area contributed by atoms with E-state index in [1.54, 1.807) is 12.1 Å². The maximum atomic E-state index is 13.2. The average Bonchev–Trinajstić information content (AvgIpc) is 2.91. The molecule has 0 amide bonds. The van der Waals surface area contributed by atoms with Gasteiger partial charge in [0.25, 0.3) is 0 Å². The first-order chi connectivity index (χ1) is 19.5. The van der Waals surface area contributed by atoms with Gasteiger partial charge in [-0.05, 0) is 74.7 Å². The van der Waals surface area contributed by atoms with Gasteiger partial charge in [0.15, 0.2) is 0 Å². The number of nitrogens with one attached hydrogen (secondary N) is 1. The number of aromatic nitrogens is 1. The summed E-state index contributed by atoms with van der Waals surface area (Å²) in [5.41, 5.74) is 5.64. The van der Waals surface area contributed by atoms with Gasteiger partial charge >= 0.3 is 5.97 Å². The highest BCUT2D eigenvalue weighted by Gasteiger charge is 2.31. The summed E-state index contributed by atoms with van der Waals surface area (Å²) >= 11 is 0. The van der Waals surface area contributed by atoms with Gasteiger partial charge in [-0.1, -0.05) is 38.1 Å². The zero-order chi connectivity index (χ0) is 29.6. The van der Waals surface area contributed by atoms with E-state index in [-0.39, 0.29) is 17.7 Å². The summed E-state index contributed by atoms with van der Waals surface area (Å²) < 4.78 is 19.2. The van der Waals surface area contributed by atoms with Crippen LogP contribution in [-0.2, 0) is 17.6 Å². The Morgan fingerprint density at radius 3 is 2.37 bits per heavy atom. The average molecular weight is 563 g/mol. The van der Waals surface area contributed by atoms with Crippen molar-refractivity contribution in [1.82, 2.24) is 9.88 Å². The third-order valence-corrected chi connectivity index (χ3v) is 7.80. The number of carbonyl (C=O) groups is 1. The maximum absolute atomic E-state index is 13.2. The van der Waals surface area contributed by atoms with Crippen molar-refractivity contribution in [3.63, 3.8) is 0 Å². The van der Waals surface area contributed by atoms with Gasteiger partial charge in [0, 0.05) is 49.4 Å². The molecule has 2 aromatic carbocycles. The van der Waals surface area contributed by atoms with Crippen LogP contribution in [0.4, 0.5) is 15.9 Å². The zero-order valence-electron chi connectivity index (χ0n) is 25.0. The van der Waals surface area contributed by atoms with E-state index in [1.807, 2.05) is 45.3 Å². The van der Waals surface area contributed by atoms with Crippen molar-refractivity contribution in [2.75, 3.05) is 57.1 Å². The van der Waals surface area contributed by atoms with E-state index >= 15 is 0 Å². The molecule has 0 aliphatic carbocycles. The number of halogens is 1. The molecule has 8 heteroatoms. The summed E-state index contributed by atoms with van der Waals surface area (Å²) in [6.45, 7) is 10.2. The van der Waals surface area contributed by atoms with Crippen molar-refractivity contribution in [3.05, 3.63) is 71.2 Å². The number of aryl methyl sites for hydroxylation is 1. The maximum Gasteiger partial charge on any atom is 0.307 e. The fourth-order valence-electron chi connectivity index (χ4n) is 5.23. The normalized spacial score (nSPS) is 14.8. The van der Waals surface area contributed by atoms with Crippen molar-refractivity contribution in [2.45, 2.75) is 46.5 Å². The number of hydrogen-bond donors (Lipinski definition) is 2. The number of likely N-dealkylation sites (N-methyl/N-ethyl adjacent to an activating group) is 1. The molecule has 1 saturated heterocycles. The fraction of sp³-hybridized carbons (Fsp3) is 0.455. The van der Waals surface area contributed by atoms with Gasteiger partial charge in [0.1, 0.15) is 17.4 Å². The Kier molecular flexibility index (Phi) is 9.86. The molecule has 3 aromatic rings. The highest BCUT2D eigenvalue weighted by atomic mass is 19.1. The molecule has 4 rings (SSSR count). The molecule has 2 heterocycles. The molecule has 1 fully saturated rings. The van der Waals surface area contributed by atoms with Crippen LogP contribution >= 0.6 is 0 Å². The number of nitrogens with zero attached hydrogens (tertiary/aromatic N) is 3. The molecule has 0 radical (unpaired) electrons. The number of benzene rings is 2. The molecule has 2 N–H and O–H groups in total. The van der Waals surface area contributed by atoms with E-state index in [4.69, 9.17) is 9.72 Å². The minimum absolute atomic E-state index is 0.0797. The van der Waals surface area contributed by atoms with Gasteiger partial charge in [0.2, 0.25) is 0 Å². The predicted octanol–water partition coefficient (Wildman–Crippen LogP) is 6.04. The number of anilines is 2. The number of carboxylic acids is 1. The SMILES string of the molecule is Cc1nc(NCCN(C)C)c(-c2ccc(OCCc3ccc(F)cc3)cc2)c(N2CCC(C)(C)CC2)c1CC(=O)O. The van der Waals surface area contributed by atoms with Crippen LogP contribution in [0.1, 0.15) is 43.5 Å². The number of pyridine rings is 1. The monoisotopic (exact) mass is 562 g/mol. The molecule has 1 aliphatic rings. The molecule has 220 valence electrons. The van der Waals surface area contributed by atoms with E-state index < -0.39 is 5.97 Å². The van der Waals surface area contributed by atoms with Crippen LogP contribution in [0, 0.1) is 18.2 Å². The van der Waals surface area contributed by atoms with E-state index in [0.29, 0.717) is 19.6 Å². The highest BCUT2D eigenvalue weighted by Crippen LogP contribution is 2.43. The molecule has 0 unspecified atom stereocenters. The van der Waals surface area contributed by atoms with E-state index in [9.17, 15) is 14.3 Å². The van der Waals surface area contributed by atoms with Crippen molar-refractivity contribution >= 4 is 17.5 Å². The lowest BCUT2D eigenvalue weighted by molar-refractivity contribution is -0.136. The molecule has 0 spiro atoms. The molecule has 0 saturated carbocycles. The van der Waals surface area contributed by atoms with Gasteiger partial charge in [-0.15, -0.1) is 0 Å². The first-order valence-corrected chi connectivity index (χ1v) is 14.4. The van der Waals surface area contributed by atoms with Gasteiger partial charge in [-0.25, -0.2) is 9.37 Å². The number of carboxylic acid groups (broad SMARTS) is 1. The van der Waals surface area contributed by atoms with Crippen LogP contribution in [0.2, 0.25) is 0 Å². The molecule has 41 heavy (non-hydrogen) atoms. The molecule has 7 nitrogen and oxygen atoms in total. The minimum Gasteiger partial charge on any atom is -0.493 e. The van der Waals surface area contributed by atoms with Crippen LogP contribution < -0.4 is 15.0 Å². The summed E-state index contributed by atoms with van der Waals surface area (Å²) in [5, 5.41) is 13.4. The molecule has 0 atom stereocenters. The smallest absolute Gasteiger partial charge is 0.307 e. The summed E-state index contributed by atoms with van der Waals surface area (Å²) in [4.78, 5) is 21.4. The lowest BCUT2D eigenvalue weighted by Crippen LogP contribution is -2.38. The van der Waals surface area contributed by atoms with Gasteiger partial charge in [-0.2, -0.15) is 0 Å². The largest absolute Gasteiger partial charge is 0.493 e. The predicted molar refractivity (Wildman–Crippen MR) is 164 cm³/mol.